The first-order valence-electron chi connectivity index (χ1n) is 9.58. The normalized spacial score (nSPS) is 27.3. The minimum atomic E-state index is -0.517. The molecule has 0 N–H and O–H groups in total. The van der Waals surface area contributed by atoms with Crippen molar-refractivity contribution in [2.75, 3.05) is 0 Å². The average molecular weight is 426 g/mol. The number of nitro groups is 1. The van der Waals surface area contributed by atoms with Crippen LogP contribution in [0.3, 0.4) is 0 Å². The Labute approximate surface area is 175 Å². The predicted octanol–water partition coefficient (Wildman–Crippen LogP) is 4.04. The monoisotopic (exact) mass is 425 g/mol. The lowest BCUT2D eigenvalue weighted by Gasteiger charge is -2.37. The fourth-order valence-electron chi connectivity index (χ4n) is 4.67. The maximum Gasteiger partial charge on any atom is 0.270 e. The predicted molar refractivity (Wildman–Crippen MR) is 108 cm³/mol. The Balaban J connectivity index is 1.39. The molecule has 0 spiro atoms. The van der Waals surface area contributed by atoms with E-state index in [-0.39, 0.29) is 41.2 Å². The van der Waals surface area contributed by atoms with E-state index < -0.39 is 4.92 Å². The van der Waals surface area contributed by atoms with E-state index in [2.05, 4.69) is 17.3 Å². The highest BCUT2D eigenvalue weighted by Gasteiger charge is 2.56. The van der Waals surface area contributed by atoms with Crippen molar-refractivity contribution in [3.63, 3.8) is 0 Å². The van der Waals surface area contributed by atoms with Gasteiger partial charge in [-0.2, -0.15) is 10.1 Å². The van der Waals surface area contributed by atoms with Gasteiger partial charge in [0.2, 0.25) is 0 Å². The SMILES string of the molecule is O=C1[C@@H]2[C@@H](C(=O)N1/N=C\c1ccc(-c3cc([N+](=O)[O-])ccc3Cl)o1)[C@H]1C=C[C@H]2CC1. The third kappa shape index (κ3) is 2.87. The molecule has 1 aromatic heterocycles. The molecule has 0 radical (unpaired) electrons. The summed E-state index contributed by atoms with van der Waals surface area (Å²) in [6.45, 7) is 0. The van der Waals surface area contributed by atoms with Gasteiger partial charge in [-0.1, -0.05) is 23.8 Å². The van der Waals surface area contributed by atoms with Crippen molar-refractivity contribution in [2.24, 2.45) is 28.8 Å². The maximum absolute atomic E-state index is 12.8. The molecule has 30 heavy (non-hydrogen) atoms. The number of carbonyl (C=O) groups excluding carboxylic acids is 2. The fraction of sp³-hybridized carbons (Fsp3) is 0.286. The van der Waals surface area contributed by atoms with Gasteiger partial charge in [0.25, 0.3) is 17.5 Å². The number of hydrazone groups is 1. The Morgan fingerprint density at radius 3 is 2.37 bits per heavy atom. The van der Waals surface area contributed by atoms with Gasteiger partial charge >= 0.3 is 0 Å². The smallest absolute Gasteiger partial charge is 0.270 e. The number of rotatable bonds is 4. The lowest BCUT2D eigenvalue weighted by molar-refractivity contribution is -0.384. The van der Waals surface area contributed by atoms with Crippen LogP contribution in [0.5, 0.6) is 0 Å². The van der Waals surface area contributed by atoms with E-state index in [1.165, 1.54) is 24.4 Å². The van der Waals surface area contributed by atoms with Crippen molar-refractivity contribution >= 4 is 35.3 Å². The van der Waals surface area contributed by atoms with Crippen LogP contribution in [0.25, 0.3) is 11.3 Å². The lowest BCUT2D eigenvalue weighted by Crippen LogP contribution is -2.38. The maximum atomic E-state index is 12.8. The van der Waals surface area contributed by atoms with Crippen LogP contribution in [-0.2, 0) is 9.59 Å². The molecule has 6 rings (SSSR count). The second-order valence-electron chi connectivity index (χ2n) is 7.70. The second-order valence-corrected chi connectivity index (χ2v) is 8.10. The van der Waals surface area contributed by atoms with Gasteiger partial charge in [-0.3, -0.25) is 19.7 Å². The van der Waals surface area contributed by atoms with E-state index in [0.717, 1.165) is 17.9 Å². The number of benzene rings is 1. The molecule has 2 heterocycles. The summed E-state index contributed by atoms with van der Waals surface area (Å²) >= 11 is 6.15. The quantitative estimate of drug-likeness (QED) is 0.241. The van der Waals surface area contributed by atoms with E-state index >= 15 is 0 Å². The van der Waals surface area contributed by atoms with Gasteiger partial charge in [-0.15, -0.1) is 0 Å². The number of furan rings is 1. The van der Waals surface area contributed by atoms with Crippen LogP contribution in [-0.4, -0.2) is 28.0 Å². The molecule has 1 saturated carbocycles. The Hall–Kier alpha value is -3.26. The van der Waals surface area contributed by atoms with Gasteiger partial charge in [0.1, 0.15) is 11.5 Å². The molecule has 1 saturated heterocycles. The van der Waals surface area contributed by atoms with Crippen LogP contribution < -0.4 is 0 Å². The number of halogens is 1. The zero-order valence-electron chi connectivity index (χ0n) is 15.6. The van der Waals surface area contributed by atoms with Crippen molar-refractivity contribution in [3.8, 4) is 11.3 Å². The number of nitrogens with zero attached hydrogens (tertiary/aromatic N) is 3. The number of fused-ring (bicyclic) bond motifs is 1. The molecule has 2 amide bonds. The number of hydrogen-bond donors (Lipinski definition) is 0. The molecule has 152 valence electrons. The van der Waals surface area contributed by atoms with E-state index in [9.17, 15) is 19.7 Å². The van der Waals surface area contributed by atoms with Crippen LogP contribution in [0.2, 0.25) is 5.02 Å². The van der Waals surface area contributed by atoms with Crippen molar-refractivity contribution < 1.29 is 18.9 Å². The first-order valence-corrected chi connectivity index (χ1v) is 9.96. The Morgan fingerprint density at radius 2 is 1.77 bits per heavy atom. The summed E-state index contributed by atoms with van der Waals surface area (Å²) in [5.74, 6) is -0.374. The van der Waals surface area contributed by atoms with Gasteiger partial charge in [0, 0.05) is 17.7 Å². The molecular weight excluding hydrogens is 410 g/mol. The van der Waals surface area contributed by atoms with Gasteiger partial charge in [-0.05, 0) is 42.9 Å². The highest BCUT2D eigenvalue weighted by Crippen LogP contribution is 2.49. The number of carbonyl (C=O) groups is 2. The minimum Gasteiger partial charge on any atom is -0.455 e. The summed E-state index contributed by atoms with van der Waals surface area (Å²) < 4.78 is 5.67. The lowest BCUT2D eigenvalue weighted by atomic mass is 9.63. The van der Waals surface area contributed by atoms with Crippen LogP contribution in [0, 0.1) is 33.8 Å². The summed E-state index contributed by atoms with van der Waals surface area (Å²) in [6, 6.07) is 7.25. The molecule has 1 aliphatic heterocycles. The molecule has 1 aromatic carbocycles. The first-order chi connectivity index (χ1) is 14.4. The largest absolute Gasteiger partial charge is 0.455 e. The van der Waals surface area contributed by atoms with Gasteiger partial charge in [-0.25, -0.2) is 0 Å². The molecule has 3 aliphatic carbocycles. The zero-order chi connectivity index (χ0) is 21.0. The first kappa shape index (κ1) is 18.7. The summed E-state index contributed by atoms with van der Waals surface area (Å²) in [5, 5.41) is 16.4. The van der Waals surface area contributed by atoms with Crippen molar-refractivity contribution in [2.45, 2.75) is 12.8 Å². The topological polar surface area (TPSA) is 106 Å². The summed E-state index contributed by atoms with van der Waals surface area (Å²) in [5.41, 5.74) is 0.257. The molecule has 0 unspecified atom stereocenters. The molecule has 8 nitrogen and oxygen atoms in total. The number of nitro benzene ring substituents is 1. The molecule has 2 bridgehead atoms. The number of non-ortho nitro benzene ring substituents is 1. The van der Waals surface area contributed by atoms with E-state index in [1.807, 2.05) is 0 Å². The van der Waals surface area contributed by atoms with Crippen LogP contribution >= 0.6 is 11.6 Å². The van der Waals surface area contributed by atoms with E-state index in [4.69, 9.17) is 16.0 Å². The third-order valence-electron chi connectivity index (χ3n) is 6.09. The average Bonchev–Trinajstić information content (AvgIpc) is 3.32. The standard InChI is InChI=1S/C21H16ClN3O5/c22-16-7-5-13(25(28)29)9-15(16)17-8-6-14(30-17)10-23-24-20(26)18-11-1-2-12(4-3-11)19(18)21(24)27/h1-2,5-12,18-19H,3-4H2/b23-10-/t11-,12-,18-,19-/m0/s1. The summed E-state index contributed by atoms with van der Waals surface area (Å²) in [7, 11) is 0. The van der Waals surface area contributed by atoms with E-state index in [0.29, 0.717) is 22.1 Å². The van der Waals surface area contributed by atoms with Gasteiger partial charge in [0.05, 0.1) is 28.0 Å². The Bertz CT molecular complexity index is 1110. The minimum absolute atomic E-state index is 0.0999. The van der Waals surface area contributed by atoms with E-state index in [1.54, 1.807) is 12.1 Å². The van der Waals surface area contributed by atoms with Gasteiger partial charge in [0.15, 0.2) is 0 Å². The number of allylic oxidation sites excluding steroid dienone is 2. The molecule has 2 fully saturated rings. The molecule has 2 aromatic rings. The summed E-state index contributed by atoms with van der Waals surface area (Å²) in [4.78, 5) is 36.0. The van der Waals surface area contributed by atoms with Gasteiger partial charge < -0.3 is 4.42 Å². The third-order valence-corrected chi connectivity index (χ3v) is 6.42. The van der Waals surface area contributed by atoms with Crippen molar-refractivity contribution in [3.05, 3.63) is 63.4 Å². The molecular formula is C21H16ClN3O5. The Kier molecular flexibility index (Phi) is 4.32. The number of hydrogen-bond acceptors (Lipinski definition) is 6. The Morgan fingerprint density at radius 1 is 1.10 bits per heavy atom. The van der Waals surface area contributed by atoms with Crippen LogP contribution in [0.15, 0.2) is 52.0 Å². The van der Waals surface area contributed by atoms with Crippen molar-refractivity contribution in [1.29, 1.82) is 0 Å². The molecule has 4 aliphatic rings. The number of imide groups is 1. The van der Waals surface area contributed by atoms with Crippen molar-refractivity contribution in [1.82, 2.24) is 5.01 Å². The highest BCUT2D eigenvalue weighted by atomic mass is 35.5. The molecule has 9 heteroatoms. The van der Waals surface area contributed by atoms with Crippen LogP contribution in [0.4, 0.5) is 5.69 Å². The summed E-state index contributed by atoms with van der Waals surface area (Å²) in [6.07, 6.45) is 7.25. The fourth-order valence-corrected chi connectivity index (χ4v) is 4.88. The second kappa shape index (κ2) is 6.91. The zero-order valence-corrected chi connectivity index (χ0v) is 16.4. The van der Waals surface area contributed by atoms with Crippen LogP contribution in [0.1, 0.15) is 18.6 Å². The highest BCUT2D eigenvalue weighted by molar-refractivity contribution is 6.33. The molecule has 4 atom stereocenters. The number of amides is 2.